The van der Waals surface area contributed by atoms with Crippen molar-refractivity contribution in [3.63, 3.8) is 0 Å². The number of halogens is 4. The molecule has 0 aromatic heterocycles. The van der Waals surface area contributed by atoms with Crippen molar-refractivity contribution < 1.29 is 13.2 Å². The highest BCUT2D eigenvalue weighted by molar-refractivity contribution is 6.20. The average molecular weight is 185 g/mol. The van der Waals surface area contributed by atoms with E-state index in [0.717, 1.165) is 0 Å². The van der Waals surface area contributed by atoms with Crippen LogP contribution in [0.1, 0.15) is 12.8 Å². The summed E-state index contributed by atoms with van der Waals surface area (Å²) < 4.78 is 36.0. The first kappa shape index (κ1) is 8.91. The Morgan fingerprint density at radius 2 is 2.00 bits per heavy atom. The molecule has 1 aliphatic carbocycles. The molecule has 1 rings (SSSR count). The van der Waals surface area contributed by atoms with Crippen molar-refractivity contribution >= 4 is 11.6 Å². The van der Waals surface area contributed by atoms with E-state index in [1.54, 1.807) is 0 Å². The molecule has 2 unspecified atom stereocenters. The summed E-state index contributed by atoms with van der Waals surface area (Å²) in [5.41, 5.74) is 0. The number of rotatable bonds is 0. The van der Waals surface area contributed by atoms with Crippen LogP contribution >= 0.6 is 11.6 Å². The third kappa shape index (κ3) is 2.40. The molecule has 0 saturated heterocycles. The summed E-state index contributed by atoms with van der Waals surface area (Å²) in [4.78, 5) is 0. The maximum Gasteiger partial charge on any atom is 0.395 e. The minimum Gasteiger partial charge on any atom is -0.170 e. The minimum absolute atomic E-state index is 0.0154. The van der Waals surface area contributed by atoms with Gasteiger partial charge in [-0.15, -0.1) is 11.6 Å². The standard InChI is InChI=1S/C7H8ClF3/c8-6-3-1-2-5(4-6)7(9,10)11/h1-2,5-6H,3-4H2. The molecule has 11 heavy (non-hydrogen) atoms. The van der Waals surface area contributed by atoms with Gasteiger partial charge in [0.15, 0.2) is 0 Å². The highest BCUT2D eigenvalue weighted by atomic mass is 35.5. The Labute approximate surface area is 68.0 Å². The fourth-order valence-corrected chi connectivity index (χ4v) is 1.38. The summed E-state index contributed by atoms with van der Waals surface area (Å²) in [6, 6.07) is 0. The van der Waals surface area contributed by atoms with Gasteiger partial charge in [0.25, 0.3) is 0 Å². The van der Waals surface area contributed by atoms with Crippen LogP contribution in [-0.4, -0.2) is 11.6 Å². The van der Waals surface area contributed by atoms with Crippen LogP contribution < -0.4 is 0 Å². The molecular weight excluding hydrogens is 177 g/mol. The van der Waals surface area contributed by atoms with E-state index in [9.17, 15) is 13.2 Å². The molecule has 0 N–H and O–H groups in total. The lowest BCUT2D eigenvalue weighted by Gasteiger charge is -2.22. The second-order valence-corrected chi connectivity index (χ2v) is 3.26. The zero-order valence-electron chi connectivity index (χ0n) is 5.74. The van der Waals surface area contributed by atoms with E-state index in [-0.39, 0.29) is 11.8 Å². The van der Waals surface area contributed by atoms with E-state index in [4.69, 9.17) is 11.6 Å². The number of hydrogen-bond acceptors (Lipinski definition) is 0. The molecule has 0 heterocycles. The van der Waals surface area contributed by atoms with E-state index >= 15 is 0 Å². The lowest BCUT2D eigenvalue weighted by atomic mass is 9.95. The largest absolute Gasteiger partial charge is 0.395 e. The zero-order valence-corrected chi connectivity index (χ0v) is 6.49. The van der Waals surface area contributed by atoms with E-state index in [1.165, 1.54) is 12.2 Å². The van der Waals surface area contributed by atoms with E-state index in [0.29, 0.717) is 6.42 Å². The van der Waals surface area contributed by atoms with Crippen molar-refractivity contribution in [3.05, 3.63) is 12.2 Å². The van der Waals surface area contributed by atoms with Gasteiger partial charge < -0.3 is 0 Å². The SMILES string of the molecule is FC(F)(F)C1C=CCC(Cl)C1. The van der Waals surface area contributed by atoms with Gasteiger partial charge in [-0.1, -0.05) is 12.2 Å². The van der Waals surface area contributed by atoms with Gasteiger partial charge in [0.1, 0.15) is 0 Å². The maximum absolute atomic E-state index is 12.0. The maximum atomic E-state index is 12.0. The number of allylic oxidation sites excluding steroid dienone is 2. The van der Waals surface area contributed by atoms with Crippen LogP contribution in [0.2, 0.25) is 0 Å². The molecule has 0 spiro atoms. The molecule has 2 atom stereocenters. The van der Waals surface area contributed by atoms with Crippen LogP contribution in [0.5, 0.6) is 0 Å². The Morgan fingerprint density at radius 1 is 1.36 bits per heavy atom. The average Bonchev–Trinajstić information content (AvgIpc) is 1.86. The summed E-state index contributed by atoms with van der Waals surface area (Å²) in [6.07, 6.45) is -0.863. The van der Waals surface area contributed by atoms with Gasteiger partial charge in [-0.25, -0.2) is 0 Å². The molecule has 0 fully saturated rings. The third-order valence-corrected chi connectivity index (χ3v) is 2.05. The van der Waals surface area contributed by atoms with Gasteiger partial charge in [-0.3, -0.25) is 0 Å². The normalized spacial score (nSPS) is 32.4. The molecule has 0 saturated carbocycles. The van der Waals surface area contributed by atoms with Crippen molar-refractivity contribution in [1.82, 2.24) is 0 Å². The lowest BCUT2D eigenvalue weighted by Crippen LogP contribution is -2.25. The Hall–Kier alpha value is -0.180. The molecule has 0 aromatic carbocycles. The van der Waals surface area contributed by atoms with Gasteiger partial charge in [0.2, 0.25) is 0 Å². The second kappa shape index (κ2) is 3.05. The van der Waals surface area contributed by atoms with Crippen molar-refractivity contribution in [2.45, 2.75) is 24.4 Å². The summed E-state index contributed by atoms with van der Waals surface area (Å²) in [5, 5.41) is -0.355. The molecule has 0 aromatic rings. The van der Waals surface area contributed by atoms with Gasteiger partial charge >= 0.3 is 6.18 Å². The van der Waals surface area contributed by atoms with Crippen LogP contribution in [0.15, 0.2) is 12.2 Å². The molecule has 0 aliphatic heterocycles. The van der Waals surface area contributed by atoms with Crippen molar-refractivity contribution in [2.24, 2.45) is 5.92 Å². The molecule has 0 amide bonds. The molecular formula is C7H8ClF3. The number of alkyl halides is 4. The van der Waals surface area contributed by atoms with Crippen LogP contribution in [0.3, 0.4) is 0 Å². The quantitative estimate of drug-likeness (QED) is 0.401. The molecule has 0 nitrogen and oxygen atoms in total. The van der Waals surface area contributed by atoms with Crippen molar-refractivity contribution in [2.75, 3.05) is 0 Å². The monoisotopic (exact) mass is 184 g/mol. The van der Waals surface area contributed by atoms with Gasteiger partial charge in [0.05, 0.1) is 5.92 Å². The van der Waals surface area contributed by atoms with Crippen LogP contribution in [-0.2, 0) is 0 Å². The van der Waals surface area contributed by atoms with Gasteiger partial charge in [-0.05, 0) is 12.8 Å². The predicted octanol–water partition coefficient (Wildman–Crippen LogP) is 3.12. The van der Waals surface area contributed by atoms with Crippen molar-refractivity contribution in [3.8, 4) is 0 Å². The van der Waals surface area contributed by atoms with Crippen molar-refractivity contribution in [1.29, 1.82) is 0 Å². The van der Waals surface area contributed by atoms with Gasteiger partial charge in [-0.2, -0.15) is 13.2 Å². The fourth-order valence-electron chi connectivity index (χ4n) is 1.08. The molecule has 0 radical (unpaired) electrons. The van der Waals surface area contributed by atoms with E-state index in [2.05, 4.69) is 0 Å². The first-order chi connectivity index (χ1) is 5.00. The Bertz CT molecular complexity index is 162. The number of hydrogen-bond donors (Lipinski definition) is 0. The topological polar surface area (TPSA) is 0 Å². The van der Waals surface area contributed by atoms with Crippen LogP contribution in [0.25, 0.3) is 0 Å². The minimum atomic E-state index is -4.12. The highest BCUT2D eigenvalue weighted by Gasteiger charge is 2.39. The Kier molecular flexibility index (Phi) is 2.47. The molecule has 0 bridgehead atoms. The zero-order chi connectivity index (χ0) is 8.48. The first-order valence-corrected chi connectivity index (χ1v) is 3.81. The summed E-state index contributed by atoms with van der Waals surface area (Å²) in [7, 11) is 0. The first-order valence-electron chi connectivity index (χ1n) is 3.37. The highest BCUT2D eigenvalue weighted by Crippen LogP contribution is 2.35. The third-order valence-electron chi connectivity index (χ3n) is 1.69. The van der Waals surface area contributed by atoms with Crippen LogP contribution in [0, 0.1) is 5.92 Å². The predicted molar refractivity (Wildman–Crippen MR) is 37.6 cm³/mol. The van der Waals surface area contributed by atoms with E-state index < -0.39 is 12.1 Å². The van der Waals surface area contributed by atoms with E-state index in [1.807, 2.05) is 0 Å². The fraction of sp³-hybridized carbons (Fsp3) is 0.714. The Morgan fingerprint density at radius 3 is 2.36 bits per heavy atom. The van der Waals surface area contributed by atoms with Gasteiger partial charge in [0, 0.05) is 5.38 Å². The smallest absolute Gasteiger partial charge is 0.170 e. The summed E-state index contributed by atoms with van der Waals surface area (Å²) >= 11 is 5.57. The lowest BCUT2D eigenvalue weighted by molar-refractivity contribution is -0.163. The summed E-state index contributed by atoms with van der Waals surface area (Å²) in [6.45, 7) is 0. The molecule has 1 aliphatic rings. The molecule has 64 valence electrons. The second-order valence-electron chi connectivity index (χ2n) is 2.64. The van der Waals surface area contributed by atoms with Crippen LogP contribution in [0.4, 0.5) is 13.2 Å². The molecule has 4 heteroatoms. The summed E-state index contributed by atoms with van der Waals surface area (Å²) in [5.74, 6) is -1.33. The Balaban J connectivity index is 2.60.